The van der Waals surface area contributed by atoms with Crippen LogP contribution in [0, 0.1) is 0 Å². The van der Waals surface area contributed by atoms with Crippen molar-refractivity contribution < 1.29 is 0 Å². The van der Waals surface area contributed by atoms with Crippen molar-refractivity contribution in [2.45, 2.75) is 31.1 Å². The van der Waals surface area contributed by atoms with Crippen LogP contribution in [0.4, 0.5) is 11.6 Å². The summed E-state index contributed by atoms with van der Waals surface area (Å²) in [6.07, 6.45) is 3.30. The fourth-order valence-corrected chi connectivity index (χ4v) is 4.60. The van der Waals surface area contributed by atoms with Crippen molar-refractivity contribution >= 4 is 23.4 Å². The number of fused-ring (bicyclic) bond motifs is 1. The van der Waals surface area contributed by atoms with Crippen LogP contribution in [-0.4, -0.2) is 41.9 Å². The van der Waals surface area contributed by atoms with E-state index in [0.717, 1.165) is 57.1 Å². The van der Waals surface area contributed by atoms with Crippen molar-refractivity contribution in [2.24, 2.45) is 0 Å². The minimum absolute atomic E-state index is 0.951. The summed E-state index contributed by atoms with van der Waals surface area (Å²) >= 11 is 1.94. The molecule has 0 spiro atoms. The summed E-state index contributed by atoms with van der Waals surface area (Å²) in [5.74, 6) is 2.11. The van der Waals surface area contributed by atoms with Crippen LogP contribution in [0.5, 0.6) is 0 Å². The second-order valence-electron chi connectivity index (χ2n) is 6.40. The van der Waals surface area contributed by atoms with Crippen molar-refractivity contribution in [2.75, 3.05) is 41.7 Å². The lowest BCUT2D eigenvalue weighted by Gasteiger charge is -2.36. The molecule has 5 heteroatoms. The standard InChI is InChI=1S/C19H24N4S/c1-2-6-16-18-17(9-14-24-18)21-19(20-16)23-12-10-22(11-13-23)15-7-4-3-5-8-15/h3-5,7-8H,2,6,9-14H2,1H3. The summed E-state index contributed by atoms with van der Waals surface area (Å²) < 4.78 is 0. The number of piperazine rings is 1. The maximum atomic E-state index is 4.93. The van der Waals surface area contributed by atoms with Crippen LogP contribution < -0.4 is 9.80 Å². The average Bonchev–Trinajstić information content (AvgIpc) is 3.12. The number of aryl methyl sites for hydroxylation is 2. The lowest BCUT2D eigenvalue weighted by Crippen LogP contribution is -2.47. The van der Waals surface area contributed by atoms with E-state index in [9.17, 15) is 0 Å². The average molecular weight is 340 g/mol. The number of aromatic nitrogens is 2. The van der Waals surface area contributed by atoms with Gasteiger partial charge in [-0.15, -0.1) is 11.8 Å². The molecule has 0 amide bonds. The lowest BCUT2D eigenvalue weighted by atomic mass is 10.2. The highest BCUT2D eigenvalue weighted by molar-refractivity contribution is 7.99. The maximum absolute atomic E-state index is 4.93. The lowest BCUT2D eigenvalue weighted by molar-refractivity contribution is 0.634. The van der Waals surface area contributed by atoms with Gasteiger partial charge in [0.25, 0.3) is 0 Å². The molecule has 2 aliphatic heterocycles. The zero-order valence-electron chi connectivity index (χ0n) is 14.2. The van der Waals surface area contributed by atoms with Gasteiger partial charge in [-0.1, -0.05) is 31.5 Å². The van der Waals surface area contributed by atoms with Crippen LogP contribution in [-0.2, 0) is 12.8 Å². The molecule has 0 radical (unpaired) electrons. The second-order valence-corrected chi connectivity index (χ2v) is 7.51. The van der Waals surface area contributed by atoms with Gasteiger partial charge in [-0.25, -0.2) is 9.97 Å². The summed E-state index contributed by atoms with van der Waals surface area (Å²) in [7, 11) is 0. The van der Waals surface area contributed by atoms with E-state index in [1.54, 1.807) is 0 Å². The topological polar surface area (TPSA) is 32.3 Å². The molecular weight excluding hydrogens is 316 g/mol. The van der Waals surface area contributed by atoms with Gasteiger partial charge in [-0.3, -0.25) is 0 Å². The molecule has 0 unspecified atom stereocenters. The van der Waals surface area contributed by atoms with Gasteiger partial charge in [0.1, 0.15) is 0 Å². The highest BCUT2D eigenvalue weighted by atomic mass is 32.2. The molecule has 0 N–H and O–H groups in total. The molecule has 1 aromatic carbocycles. The molecule has 4 nitrogen and oxygen atoms in total. The Morgan fingerprint density at radius 2 is 1.75 bits per heavy atom. The Hall–Kier alpha value is -1.75. The molecule has 2 aliphatic rings. The van der Waals surface area contributed by atoms with Gasteiger partial charge in [0.05, 0.1) is 16.3 Å². The van der Waals surface area contributed by atoms with E-state index in [0.29, 0.717) is 0 Å². The Morgan fingerprint density at radius 1 is 1.00 bits per heavy atom. The van der Waals surface area contributed by atoms with Crippen LogP contribution in [0.1, 0.15) is 24.7 Å². The minimum atomic E-state index is 0.951. The van der Waals surface area contributed by atoms with Gasteiger partial charge >= 0.3 is 0 Å². The number of thioether (sulfide) groups is 1. The predicted molar refractivity (Wildman–Crippen MR) is 101 cm³/mol. The van der Waals surface area contributed by atoms with Gasteiger partial charge in [0.15, 0.2) is 0 Å². The van der Waals surface area contributed by atoms with E-state index in [1.807, 2.05) is 11.8 Å². The van der Waals surface area contributed by atoms with E-state index in [-0.39, 0.29) is 0 Å². The summed E-state index contributed by atoms with van der Waals surface area (Å²) in [5.41, 5.74) is 3.86. The number of para-hydroxylation sites is 1. The number of hydrogen-bond donors (Lipinski definition) is 0. The SMILES string of the molecule is CCCc1nc(N2CCN(c3ccccc3)CC2)nc2c1SCC2. The Morgan fingerprint density at radius 3 is 2.50 bits per heavy atom. The first-order chi connectivity index (χ1) is 11.8. The number of anilines is 2. The Kier molecular flexibility index (Phi) is 4.60. The van der Waals surface area contributed by atoms with Gasteiger partial charge in [-0.05, 0) is 18.6 Å². The van der Waals surface area contributed by atoms with Crippen molar-refractivity contribution in [1.29, 1.82) is 0 Å². The Balaban J connectivity index is 1.50. The molecule has 2 aromatic rings. The summed E-state index contributed by atoms with van der Waals surface area (Å²) in [6, 6.07) is 10.7. The van der Waals surface area contributed by atoms with E-state index in [4.69, 9.17) is 9.97 Å². The second kappa shape index (κ2) is 7.01. The maximum Gasteiger partial charge on any atom is 0.225 e. The summed E-state index contributed by atoms with van der Waals surface area (Å²) in [5, 5.41) is 0. The highest BCUT2D eigenvalue weighted by Crippen LogP contribution is 2.34. The van der Waals surface area contributed by atoms with E-state index >= 15 is 0 Å². The van der Waals surface area contributed by atoms with Crippen LogP contribution in [0.2, 0.25) is 0 Å². The molecule has 3 heterocycles. The van der Waals surface area contributed by atoms with E-state index in [2.05, 4.69) is 47.1 Å². The molecule has 0 bridgehead atoms. The summed E-state index contributed by atoms with van der Waals surface area (Å²) in [4.78, 5) is 16.0. The number of hydrogen-bond acceptors (Lipinski definition) is 5. The van der Waals surface area contributed by atoms with Crippen molar-refractivity contribution in [3.63, 3.8) is 0 Å². The van der Waals surface area contributed by atoms with Crippen molar-refractivity contribution in [3.05, 3.63) is 41.7 Å². The smallest absolute Gasteiger partial charge is 0.225 e. The summed E-state index contributed by atoms with van der Waals surface area (Å²) in [6.45, 7) is 6.27. The van der Waals surface area contributed by atoms with Gasteiger partial charge in [0.2, 0.25) is 5.95 Å². The Labute approximate surface area is 148 Å². The van der Waals surface area contributed by atoms with Gasteiger partial charge < -0.3 is 9.80 Å². The zero-order chi connectivity index (χ0) is 16.4. The highest BCUT2D eigenvalue weighted by Gasteiger charge is 2.24. The van der Waals surface area contributed by atoms with E-state index < -0.39 is 0 Å². The van der Waals surface area contributed by atoms with Crippen LogP contribution in [0.25, 0.3) is 0 Å². The third-order valence-electron chi connectivity index (χ3n) is 4.75. The molecule has 0 saturated carbocycles. The first-order valence-corrected chi connectivity index (χ1v) is 9.91. The number of benzene rings is 1. The van der Waals surface area contributed by atoms with Crippen molar-refractivity contribution in [3.8, 4) is 0 Å². The third-order valence-corrected chi connectivity index (χ3v) is 5.92. The molecule has 0 aliphatic carbocycles. The molecule has 1 fully saturated rings. The first-order valence-electron chi connectivity index (χ1n) is 8.92. The fraction of sp³-hybridized carbons (Fsp3) is 0.474. The molecule has 126 valence electrons. The molecule has 1 aromatic heterocycles. The molecule has 0 atom stereocenters. The molecule has 4 rings (SSSR count). The third kappa shape index (κ3) is 3.09. The van der Waals surface area contributed by atoms with Crippen LogP contribution >= 0.6 is 11.8 Å². The molecule has 1 saturated heterocycles. The van der Waals surface area contributed by atoms with Crippen LogP contribution in [0.15, 0.2) is 35.2 Å². The van der Waals surface area contributed by atoms with Gasteiger partial charge in [0, 0.05) is 44.0 Å². The quantitative estimate of drug-likeness (QED) is 0.852. The Bertz CT molecular complexity index is 696. The fourth-order valence-electron chi connectivity index (χ4n) is 3.47. The minimum Gasteiger partial charge on any atom is -0.368 e. The molecule has 24 heavy (non-hydrogen) atoms. The van der Waals surface area contributed by atoms with Gasteiger partial charge in [-0.2, -0.15) is 0 Å². The van der Waals surface area contributed by atoms with E-state index in [1.165, 1.54) is 22.0 Å². The normalized spacial score (nSPS) is 17.2. The predicted octanol–water partition coefficient (Wildman–Crippen LogP) is 3.40. The van der Waals surface area contributed by atoms with Crippen LogP contribution in [0.3, 0.4) is 0 Å². The first kappa shape index (κ1) is 15.8. The van der Waals surface area contributed by atoms with Crippen molar-refractivity contribution in [1.82, 2.24) is 9.97 Å². The zero-order valence-corrected chi connectivity index (χ0v) is 15.1. The number of nitrogens with zero attached hydrogens (tertiary/aromatic N) is 4. The molecular formula is C19H24N4S. The monoisotopic (exact) mass is 340 g/mol. The largest absolute Gasteiger partial charge is 0.368 e. The number of rotatable bonds is 4.